The monoisotopic (exact) mass is 300 g/mol. The van der Waals surface area contributed by atoms with Gasteiger partial charge >= 0.3 is 0 Å². The van der Waals surface area contributed by atoms with Gasteiger partial charge in [0.25, 0.3) is 5.69 Å². The molecule has 0 spiro atoms. The van der Waals surface area contributed by atoms with Crippen LogP contribution < -0.4 is 0 Å². The van der Waals surface area contributed by atoms with Gasteiger partial charge in [-0.25, -0.2) is 0 Å². The molecule has 114 valence electrons. The number of nitrogens with zero attached hydrogens (tertiary/aromatic N) is 2. The molecule has 0 aromatic heterocycles. The number of hydrogen-bond donors (Lipinski definition) is 0. The van der Waals surface area contributed by atoms with Crippen molar-refractivity contribution in [2.75, 3.05) is 14.2 Å². The number of rotatable bonds is 6. The first-order valence-electron chi connectivity index (χ1n) is 6.61. The number of hydrogen-bond acceptors (Lipinski definition) is 5. The molecule has 1 unspecified atom stereocenters. The zero-order chi connectivity index (χ0) is 15.9. The minimum absolute atomic E-state index is 0.00405. The van der Waals surface area contributed by atoms with E-state index < -0.39 is 11.0 Å². The topological polar surface area (TPSA) is 74.0 Å². The minimum atomic E-state index is -0.567. The molecule has 22 heavy (non-hydrogen) atoms. The number of nitro benzene ring substituents is 1. The van der Waals surface area contributed by atoms with Crippen LogP contribution in [0.3, 0.4) is 0 Å². The molecule has 0 aliphatic carbocycles. The number of ether oxygens (including phenoxy) is 1. The van der Waals surface area contributed by atoms with Crippen molar-refractivity contribution in [3.8, 4) is 0 Å². The Balaban J connectivity index is 2.46. The van der Waals surface area contributed by atoms with Crippen LogP contribution in [0.1, 0.15) is 17.2 Å². The lowest BCUT2D eigenvalue weighted by atomic mass is 9.98. The number of oxime groups is 1. The van der Waals surface area contributed by atoms with Gasteiger partial charge in [-0.2, -0.15) is 0 Å². The van der Waals surface area contributed by atoms with Crippen molar-refractivity contribution in [1.82, 2.24) is 0 Å². The van der Waals surface area contributed by atoms with Gasteiger partial charge in [0.15, 0.2) is 0 Å². The third-order valence-electron chi connectivity index (χ3n) is 3.13. The molecule has 0 saturated carbocycles. The third kappa shape index (κ3) is 3.48. The largest absolute Gasteiger partial charge is 0.399 e. The molecule has 0 N–H and O–H groups in total. The first kappa shape index (κ1) is 15.7. The van der Waals surface area contributed by atoms with Gasteiger partial charge in [-0.05, 0) is 5.56 Å². The summed E-state index contributed by atoms with van der Waals surface area (Å²) in [5.74, 6) is 0. The zero-order valence-corrected chi connectivity index (χ0v) is 12.3. The highest BCUT2D eigenvalue weighted by molar-refractivity contribution is 6.04. The van der Waals surface area contributed by atoms with E-state index in [4.69, 9.17) is 9.57 Å². The van der Waals surface area contributed by atoms with Gasteiger partial charge in [-0.1, -0.05) is 47.6 Å². The Kier molecular flexibility index (Phi) is 5.21. The first-order valence-corrected chi connectivity index (χ1v) is 6.61. The van der Waals surface area contributed by atoms with Crippen LogP contribution in [0.2, 0.25) is 0 Å². The maximum atomic E-state index is 10.9. The van der Waals surface area contributed by atoms with Crippen LogP contribution in [0.15, 0.2) is 59.8 Å². The van der Waals surface area contributed by atoms with Crippen LogP contribution in [0.4, 0.5) is 5.69 Å². The molecule has 0 aliphatic heterocycles. The van der Waals surface area contributed by atoms with E-state index in [0.717, 1.165) is 5.56 Å². The van der Waals surface area contributed by atoms with Gasteiger partial charge in [0.05, 0.1) is 4.92 Å². The number of benzene rings is 2. The minimum Gasteiger partial charge on any atom is -0.399 e. The van der Waals surface area contributed by atoms with E-state index in [1.165, 1.54) is 26.4 Å². The predicted molar refractivity (Wildman–Crippen MR) is 82.8 cm³/mol. The van der Waals surface area contributed by atoms with Crippen molar-refractivity contribution in [1.29, 1.82) is 0 Å². The smallest absolute Gasteiger partial charge is 0.269 e. The second-order valence-electron chi connectivity index (χ2n) is 4.49. The van der Waals surface area contributed by atoms with Gasteiger partial charge in [0.1, 0.15) is 18.9 Å². The van der Waals surface area contributed by atoms with Crippen molar-refractivity contribution >= 4 is 11.4 Å². The molecule has 1 atom stereocenters. The van der Waals surface area contributed by atoms with Gasteiger partial charge in [-0.15, -0.1) is 0 Å². The molecule has 0 bridgehead atoms. The fraction of sp³-hybridized carbons (Fsp3) is 0.188. The lowest BCUT2D eigenvalue weighted by Gasteiger charge is -2.18. The van der Waals surface area contributed by atoms with E-state index in [1.54, 1.807) is 12.1 Å². The van der Waals surface area contributed by atoms with Gasteiger partial charge in [0, 0.05) is 24.8 Å². The highest BCUT2D eigenvalue weighted by Gasteiger charge is 2.22. The molecule has 0 saturated heterocycles. The van der Waals surface area contributed by atoms with Crippen LogP contribution in [-0.4, -0.2) is 24.9 Å². The third-order valence-corrected chi connectivity index (χ3v) is 3.13. The Labute approximate surface area is 128 Å². The molecule has 0 fully saturated rings. The van der Waals surface area contributed by atoms with Crippen LogP contribution in [0.25, 0.3) is 0 Å². The average Bonchev–Trinajstić information content (AvgIpc) is 2.56. The summed E-state index contributed by atoms with van der Waals surface area (Å²) in [5, 5.41) is 15.0. The van der Waals surface area contributed by atoms with E-state index in [9.17, 15) is 10.1 Å². The molecular weight excluding hydrogens is 284 g/mol. The summed E-state index contributed by atoms with van der Waals surface area (Å²) < 4.78 is 5.51. The van der Waals surface area contributed by atoms with Crippen molar-refractivity contribution in [3.63, 3.8) is 0 Å². The summed E-state index contributed by atoms with van der Waals surface area (Å²) in [7, 11) is 2.97. The summed E-state index contributed by atoms with van der Waals surface area (Å²) >= 11 is 0. The molecule has 2 aromatic carbocycles. The SMILES string of the molecule is CON=C(c1ccccc1)C(OC)c1cccc([N+](=O)[O-])c1. The normalized spacial score (nSPS) is 12.7. The number of methoxy groups -OCH3 is 1. The summed E-state index contributed by atoms with van der Waals surface area (Å²) in [4.78, 5) is 15.4. The van der Waals surface area contributed by atoms with E-state index in [0.29, 0.717) is 11.3 Å². The molecule has 6 heteroatoms. The first-order chi connectivity index (χ1) is 10.7. The zero-order valence-electron chi connectivity index (χ0n) is 12.3. The van der Waals surface area contributed by atoms with E-state index in [1.807, 2.05) is 30.3 Å². The molecule has 2 aromatic rings. The Morgan fingerprint density at radius 3 is 2.45 bits per heavy atom. The summed E-state index contributed by atoms with van der Waals surface area (Å²) in [6.45, 7) is 0. The molecule has 2 rings (SSSR count). The van der Waals surface area contributed by atoms with Crippen LogP contribution in [-0.2, 0) is 9.57 Å². The molecule has 0 radical (unpaired) electrons. The second kappa shape index (κ2) is 7.33. The van der Waals surface area contributed by atoms with Crippen LogP contribution >= 0.6 is 0 Å². The average molecular weight is 300 g/mol. The lowest BCUT2D eigenvalue weighted by Crippen LogP contribution is -2.16. The van der Waals surface area contributed by atoms with Crippen molar-refractivity contribution in [2.24, 2.45) is 5.16 Å². The van der Waals surface area contributed by atoms with Crippen molar-refractivity contribution in [3.05, 3.63) is 75.8 Å². The Morgan fingerprint density at radius 2 is 1.86 bits per heavy atom. The van der Waals surface area contributed by atoms with Crippen molar-refractivity contribution in [2.45, 2.75) is 6.10 Å². The summed E-state index contributed by atoms with van der Waals surface area (Å²) in [5.41, 5.74) is 2.01. The van der Waals surface area contributed by atoms with Gasteiger partial charge in [-0.3, -0.25) is 10.1 Å². The molecule has 0 aliphatic rings. The molecular formula is C16H16N2O4. The maximum Gasteiger partial charge on any atom is 0.269 e. The lowest BCUT2D eigenvalue weighted by molar-refractivity contribution is -0.385. The van der Waals surface area contributed by atoms with E-state index in [-0.39, 0.29) is 5.69 Å². The standard InChI is InChI=1S/C16H16N2O4/c1-21-16(13-9-6-10-14(11-13)18(19)20)15(17-22-2)12-7-4-3-5-8-12/h3-11,16H,1-2H3. The molecule has 0 amide bonds. The Bertz CT molecular complexity index is 671. The highest BCUT2D eigenvalue weighted by atomic mass is 16.6. The fourth-order valence-corrected chi connectivity index (χ4v) is 2.17. The quantitative estimate of drug-likeness (QED) is 0.466. The Morgan fingerprint density at radius 1 is 1.14 bits per heavy atom. The van der Waals surface area contributed by atoms with Crippen molar-refractivity contribution < 1.29 is 14.5 Å². The summed E-state index contributed by atoms with van der Waals surface area (Å²) in [6, 6.07) is 15.7. The van der Waals surface area contributed by atoms with Gasteiger partial charge in [0.2, 0.25) is 0 Å². The van der Waals surface area contributed by atoms with Crippen LogP contribution in [0, 0.1) is 10.1 Å². The number of non-ortho nitro benzene ring substituents is 1. The molecule has 0 heterocycles. The Hall–Kier alpha value is -2.73. The van der Waals surface area contributed by atoms with Crippen LogP contribution in [0.5, 0.6) is 0 Å². The van der Waals surface area contributed by atoms with E-state index in [2.05, 4.69) is 5.16 Å². The maximum absolute atomic E-state index is 10.9. The predicted octanol–water partition coefficient (Wildman–Crippen LogP) is 3.33. The molecule has 6 nitrogen and oxygen atoms in total. The van der Waals surface area contributed by atoms with Gasteiger partial charge < -0.3 is 9.57 Å². The number of nitro groups is 1. The summed E-state index contributed by atoms with van der Waals surface area (Å²) in [6.07, 6.45) is -0.567. The fourth-order valence-electron chi connectivity index (χ4n) is 2.17. The van der Waals surface area contributed by atoms with E-state index >= 15 is 0 Å². The highest BCUT2D eigenvalue weighted by Crippen LogP contribution is 2.26. The second-order valence-corrected chi connectivity index (χ2v) is 4.49.